The fraction of sp³-hybridized carbons (Fsp3) is 1.00. The summed E-state index contributed by atoms with van der Waals surface area (Å²) in [6.07, 6.45) is 5.75. The summed E-state index contributed by atoms with van der Waals surface area (Å²) in [7, 11) is 0. The van der Waals surface area contributed by atoms with Gasteiger partial charge in [-0.2, -0.15) is 0 Å². The van der Waals surface area contributed by atoms with Crippen LogP contribution in [0.5, 0.6) is 0 Å². The highest BCUT2D eigenvalue weighted by Crippen LogP contribution is 2.44. The van der Waals surface area contributed by atoms with Crippen molar-refractivity contribution in [2.75, 3.05) is 0 Å². The van der Waals surface area contributed by atoms with Gasteiger partial charge >= 0.3 is 0 Å². The number of rotatable bonds is 3. The lowest BCUT2D eigenvalue weighted by atomic mass is 9.64. The van der Waals surface area contributed by atoms with Crippen molar-refractivity contribution in [2.24, 2.45) is 17.8 Å². The summed E-state index contributed by atoms with van der Waals surface area (Å²) in [5, 5.41) is 10.8. The summed E-state index contributed by atoms with van der Waals surface area (Å²) < 4.78 is 0. The van der Waals surface area contributed by atoms with Gasteiger partial charge in [-0.05, 0) is 24.2 Å². The Bertz CT molecular complexity index is 170. The maximum absolute atomic E-state index is 10.8. The third-order valence-electron chi connectivity index (χ3n) is 4.57. The average molecular weight is 198 g/mol. The van der Waals surface area contributed by atoms with E-state index >= 15 is 0 Å². The van der Waals surface area contributed by atoms with Crippen LogP contribution in [-0.4, -0.2) is 10.7 Å². The van der Waals surface area contributed by atoms with Gasteiger partial charge in [-0.1, -0.05) is 53.4 Å². The third kappa shape index (κ3) is 1.98. The van der Waals surface area contributed by atoms with Crippen LogP contribution < -0.4 is 0 Å². The summed E-state index contributed by atoms with van der Waals surface area (Å²) in [4.78, 5) is 0. The highest BCUT2D eigenvalue weighted by molar-refractivity contribution is 4.94. The van der Waals surface area contributed by atoms with E-state index in [4.69, 9.17) is 0 Å². The molecule has 0 aliphatic heterocycles. The molecule has 0 aromatic rings. The minimum absolute atomic E-state index is 0.374. The van der Waals surface area contributed by atoms with E-state index in [-0.39, 0.29) is 5.60 Å². The van der Waals surface area contributed by atoms with Crippen LogP contribution in [0, 0.1) is 17.8 Å². The van der Waals surface area contributed by atoms with Crippen LogP contribution in [0.3, 0.4) is 0 Å². The second-order valence-electron chi connectivity index (χ2n) is 5.16. The summed E-state index contributed by atoms with van der Waals surface area (Å²) >= 11 is 0. The lowest BCUT2D eigenvalue weighted by molar-refractivity contribution is -0.109. The van der Waals surface area contributed by atoms with E-state index in [2.05, 4.69) is 27.7 Å². The smallest absolute Gasteiger partial charge is 0.0703 e. The molecule has 0 saturated heterocycles. The third-order valence-corrected chi connectivity index (χ3v) is 4.57. The van der Waals surface area contributed by atoms with Gasteiger partial charge in [0.2, 0.25) is 0 Å². The van der Waals surface area contributed by atoms with Gasteiger partial charge < -0.3 is 5.11 Å². The first-order valence-electron chi connectivity index (χ1n) is 6.28. The summed E-state index contributed by atoms with van der Waals surface area (Å²) in [5.41, 5.74) is -0.374. The molecule has 1 aliphatic rings. The van der Waals surface area contributed by atoms with Crippen LogP contribution in [0.25, 0.3) is 0 Å². The molecular formula is C13H26O. The molecule has 84 valence electrons. The van der Waals surface area contributed by atoms with Gasteiger partial charge in [-0.25, -0.2) is 0 Å². The molecule has 0 spiro atoms. The van der Waals surface area contributed by atoms with E-state index in [0.29, 0.717) is 17.8 Å². The molecule has 1 aliphatic carbocycles. The highest BCUT2D eigenvalue weighted by Gasteiger charge is 2.43. The topological polar surface area (TPSA) is 20.2 Å². The second-order valence-corrected chi connectivity index (χ2v) is 5.16. The Hall–Kier alpha value is -0.0400. The first-order valence-corrected chi connectivity index (χ1v) is 6.28. The SMILES string of the molecule is CCC(CC)C1(O)CCCC(C)C1C. The highest BCUT2D eigenvalue weighted by atomic mass is 16.3. The first kappa shape index (κ1) is 12.0. The Balaban J connectivity index is 2.78. The minimum Gasteiger partial charge on any atom is -0.389 e. The molecule has 3 atom stereocenters. The van der Waals surface area contributed by atoms with E-state index in [1.165, 1.54) is 12.8 Å². The van der Waals surface area contributed by atoms with Crippen LogP contribution in [-0.2, 0) is 0 Å². The Morgan fingerprint density at radius 1 is 1.29 bits per heavy atom. The molecule has 1 nitrogen and oxygen atoms in total. The second kappa shape index (κ2) is 4.65. The monoisotopic (exact) mass is 198 g/mol. The molecule has 1 rings (SSSR count). The minimum atomic E-state index is -0.374. The van der Waals surface area contributed by atoms with Crippen molar-refractivity contribution in [3.8, 4) is 0 Å². The van der Waals surface area contributed by atoms with Crippen molar-refractivity contribution in [1.82, 2.24) is 0 Å². The number of hydrogen-bond donors (Lipinski definition) is 1. The predicted octanol–water partition coefficient (Wildman–Crippen LogP) is 3.61. The van der Waals surface area contributed by atoms with Crippen molar-refractivity contribution < 1.29 is 5.11 Å². The van der Waals surface area contributed by atoms with E-state index in [9.17, 15) is 5.11 Å². The predicted molar refractivity (Wildman–Crippen MR) is 61.2 cm³/mol. The molecule has 3 unspecified atom stereocenters. The first-order chi connectivity index (χ1) is 6.56. The van der Waals surface area contributed by atoms with Gasteiger partial charge in [0.05, 0.1) is 5.60 Å². The molecule has 14 heavy (non-hydrogen) atoms. The molecular weight excluding hydrogens is 172 g/mol. The fourth-order valence-electron chi connectivity index (χ4n) is 3.25. The van der Waals surface area contributed by atoms with Crippen LogP contribution in [0.4, 0.5) is 0 Å². The number of hydrogen-bond acceptors (Lipinski definition) is 1. The Morgan fingerprint density at radius 3 is 2.36 bits per heavy atom. The van der Waals surface area contributed by atoms with Gasteiger partial charge in [0.25, 0.3) is 0 Å². The standard InChI is InChI=1S/C13H26O/c1-5-12(6-2)13(14)9-7-8-10(3)11(13)4/h10-12,14H,5-9H2,1-4H3. The maximum atomic E-state index is 10.8. The Morgan fingerprint density at radius 2 is 1.86 bits per heavy atom. The van der Waals surface area contributed by atoms with E-state index in [1.54, 1.807) is 0 Å². The fourth-order valence-corrected chi connectivity index (χ4v) is 3.25. The quantitative estimate of drug-likeness (QED) is 0.734. The molecule has 1 heteroatoms. The van der Waals surface area contributed by atoms with E-state index in [1.807, 2.05) is 0 Å². The van der Waals surface area contributed by atoms with Crippen LogP contribution >= 0.6 is 0 Å². The molecule has 0 amide bonds. The molecule has 0 radical (unpaired) electrons. The van der Waals surface area contributed by atoms with Gasteiger partial charge in [-0.3, -0.25) is 0 Å². The normalized spacial score (nSPS) is 39.0. The lowest BCUT2D eigenvalue weighted by Gasteiger charge is -2.46. The van der Waals surface area contributed by atoms with Crippen molar-refractivity contribution in [1.29, 1.82) is 0 Å². The molecule has 1 fully saturated rings. The number of aliphatic hydroxyl groups is 1. The molecule has 1 saturated carbocycles. The van der Waals surface area contributed by atoms with Gasteiger partial charge in [-0.15, -0.1) is 0 Å². The van der Waals surface area contributed by atoms with Crippen molar-refractivity contribution >= 4 is 0 Å². The molecule has 0 aromatic heterocycles. The van der Waals surface area contributed by atoms with Gasteiger partial charge in [0, 0.05) is 0 Å². The largest absolute Gasteiger partial charge is 0.389 e. The van der Waals surface area contributed by atoms with Crippen molar-refractivity contribution in [2.45, 2.75) is 65.4 Å². The Labute approximate surface area is 88.9 Å². The zero-order valence-electron chi connectivity index (χ0n) is 10.2. The van der Waals surface area contributed by atoms with Crippen LogP contribution in [0.1, 0.15) is 59.8 Å². The van der Waals surface area contributed by atoms with Gasteiger partial charge in [0.1, 0.15) is 0 Å². The lowest BCUT2D eigenvalue weighted by Crippen LogP contribution is -2.48. The molecule has 0 bridgehead atoms. The van der Waals surface area contributed by atoms with Crippen LogP contribution in [0.2, 0.25) is 0 Å². The summed E-state index contributed by atoms with van der Waals surface area (Å²) in [5.74, 6) is 1.66. The molecule has 0 heterocycles. The van der Waals surface area contributed by atoms with Crippen molar-refractivity contribution in [3.05, 3.63) is 0 Å². The molecule has 1 N–H and O–H groups in total. The maximum Gasteiger partial charge on any atom is 0.0703 e. The zero-order valence-corrected chi connectivity index (χ0v) is 10.2. The molecule has 0 aromatic carbocycles. The van der Waals surface area contributed by atoms with Crippen LogP contribution in [0.15, 0.2) is 0 Å². The Kier molecular flexibility index (Phi) is 4.00. The van der Waals surface area contributed by atoms with Crippen molar-refractivity contribution in [3.63, 3.8) is 0 Å². The van der Waals surface area contributed by atoms with E-state index in [0.717, 1.165) is 19.3 Å². The van der Waals surface area contributed by atoms with Gasteiger partial charge in [0.15, 0.2) is 0 Å². The zero-order chi connectivity index (χ0) is 10.8. The average Bonchev–Trinajstić information content (AvgIpc) is 2.16. The summed E-state index contributed by atoms with van der Waals surface area (Å²) in [6, 6.07) is 0. The van der Waals surface area contributed by atoms with E-state index < -0.39 is 0 Å². The summed E-state index contributed by atoms with van der Waals surface area (Å²) in [6.45, 7) is 8.94.